The first-order valence-corrected chi connectivity index (χ1v) is 11.3. The van der Waals surface area contributed by atoms with Crippen LogP contribution in [0.15, 0.2) is 30.3 Å². The minimum atomic E-state index is 0.0531. The average Bonchev–Trinajstić information content (AvgIpc) is 2.90. The van der Waals surface area contributed by atoms with E-state index in [1.807, 2.05) is 0 Å². The molecule has 4 rings (SSSR count). The molecule has 3 fully saturated rings. The maximum Gasteiger partial charge on any atom is 0.309 e. The molecule has 3 heteroatoms. The molecule has 5 atom stereocenters. The summed E-state index contributed by atoms with van der Waals surface area (Å²) in [5, 5.41) is 0. The Morgan fingerprint density at radius 1 is 0.963 bits per heavy atom. The second-order valence-corrected chi connectivity index (χ2v) is 9.06. The molecule has 2 heterocycles. The van der Waals surface area contributed by atoms with Crippen LogP contribution in [0.3, 0.4) is 0 Å². The van der Waals surface area contributed by atoms with Crippen molar-refractivity contribution in [3.63, 3.8) is 0 Å². The van der Waals surface area contributed by atoms with Gasteiger partial charge in [0.15, 0.2) is 0 Å². The fraction of sp³-hybridized carbons (Fsp3) is 0.708. The molecule has 0 spiro atoms. The van der Waals surface area contributed by atoms with Crippen LogP contribution in [-0.4, -0.2) is 41.7 Å². The number of rotatable bonds is 5. The highest BCUT2D eigenvalue weighted by Crippen LogP contribution is 2.44. The Bertz CT molecular complexity index is 623. The second kappa shape index (κ2) is 7.95. The fourth-order valence-corrected chi connectivity index (χ4v) is 6.67. The lowest BCUT2D eigenvalue weighted by Gasteiger charge is -2.48. The van der Waals surface area contributed by atoms with Gasteiger partial charge in [-0.05, 0) is 38.2 Å². The molecule has 2 aliphatic heterocycles. The predicted molar refractivity (Wildman–Crippen MR) is 108 cm³/mol. The van der Waals surface area contributed by atoms with Gasteiger partial charge in [-0.25, -0.2) is 0 Å². The largest absolute Gasteiger partial charge is 0.462 e. The molecule has 1 aromatic carbocycles. The van der Waals surface area contributed by atoms with Crippen LogP contribution in [0.2, 0.25) is 0 Å². The van der Waals surface area contributed by atoms with Gasteiger partial charge in [-0.3, -0.25) is 4.79 Å². The van der Waals surface area contributed by atoms with Crippen molar-refractivity contribution in [3.8, 4) is 0 Å². The Morgan fingerprint density at radius 3 is 2.22 bits per heavy atom. The minimum Gasteiger partial charge on any atom is -0.462 e. The summed E-state index contributed by atoms with van der Waals surface area (Å²) in [5.41, 5.74) is 1.32. The number of benzene rings is 1. The van der Waals surface area contributed by atoms with Gasteiger partial charge in [-0.1, -0.05) is 43.2 Å². The van der Waals surface area contributed by atoms with E-state index in [-0.39, 0.29) is 18.0 Å². The van der Waals surface area contributed by atoms with Gasteiger partial charge in [0.05, 0.1) is 31.1 Å². The van der Waals surface area contributed by atoms with Crippen molar-refractivity contribution in [1.29, 1.82) is 0 Å². The maximum atomic E-state index is 13.2. The van der Waals surface area contributed by atoms with Crippen LogP contribution >= 0.6 is 0 Å². The van der Waals surface area contributed by atoms with E-state index in [0.29, 0.717) is 18.0 Å². The van der Waals surface area contributed by atoms with E-state index in [1.165, 1.54) is 42.4 Å². The van der Waals surface area contributed by atoms with Gasteiger partial charge in [0.2, 0.25) is 0 Å². The van der Waals surface area contributed by atoms with E-state index in [9.17, 15) is 4.79 Å². The molecule has 148 valence electrons. The van der Waals surface area contributed by atoms with E-state index in [0.717, 1.165) is 32.1 Å². The summed E-state index contributed by atoms with van der Waals surface area (Å²) >= 11 is 0. The number of carbonyl (C=O) groups is 1. The van der Waals surface area contributed by atoms with Crippen molar-refractivity contribution in [2.24, 2.45) is 5.92 Å². The van der Waals surface area contributed by atoms with Gasteiger partial charge in [-0.15, -0.1) is 0 Å². The van der Waals surface area contributed by atoms with Gasteiger partial charge >= 0.3 is 5.97 Å². The molecule has 0 radical (unpaired) electrons. The summed E-state index contributed by atoms with van der Waals surface area (Å²) < 4.78 is 7.46. The van der Waals surface area contributed by atoms with Crippen LogP contribution < -0.4 is 0 Å². The standard InChI is InChI=1S/C24H36NO2/c1-3-25(4-2)19-14-15-20(25)17-21(16-19)27-24(26)23-13-9-8-12-22(23)18-10-6-5-7-11-18/h5-7,10-11,19-23H,3-4,8-9,12-17H2,1-2H3/q+1/t19-,20+,21?,22?,23?. The van der Waals surface area contributed by atoms with Crippen molar-refractivity contribution in [2.75, 3.05) is 13.1 Å². The molecule has 2 saturated heterocycles. The quantitative estimate of drug-likeness (QED) is 0.535. The van der Waals surface area contributed by atoms with E-state index in [1.54, 1.807) is 0 Å². The number of hydrogen-bond acceptors (Lipinski definition) is 2. The van der Waals surface area contributed by atoms with Crippen molar-refractivity contribution in [3.05, 3.63) is 35.9 Å². The zero-order chi connectivity index (χ0) is 18.9. The Morgan fingerprint density at radius 2 is 1.59 bits per heavy atom. The Labute approximate surface area is 164 Å². The summed E-state index contributed by atoms with van der Waals surface area (Å²) in [5.74, 6) is 0.479. The number of quaternary nitrogens is 1. The molecule has 0 N–H and O–H groups in total. The molecule has 0 amide bonds. The Balaban J connectivity index is 1.43. The second-order valence-electron chi connectivity index (χ2n) is 9.06. The van der Waals surface area contributed by atoms with Gasteiger partial charge in [0, 0.05) is 25.7 Å². The average molecular weight is 371 g/mol. The number of hydrogen-bond donors (Lipinski definition) is 0. The number of carbonyl (C=O) groups excluding carboxylic acids is 1. The van der Waals surface area contributed by atoms with E-state index >= 15 is 0 Å². The van der Waals surface area contributed by atoms with Crippen molar-refractivity contribution in [2.45, 2.75) is 89.3 Å². The molecule has 2 bridgehead atoms. The minimum absolute atomic E-state index is 0.0531. The predicted octanol–water partition coefficient (Wildman–Crippen LogP) is 5.05. The van der Waals surface area contributed by atoms with Gasteiger partial charge in [0.1, 0.15) is 6.10 Å². The topological polar surface area (TPSA) is 26.3 Å². The highest BCUT2D eigenvalue weighted by Gasteiger charge is 2.53. The molecule has 0 aromatic heterocycles. The summed E-state index contributed by atoms with van der Waals surface area (Å²) in [6, 6.07) is 12.0. The Hall–Kier alpha value is -1.35. The van der Waals surface area contributed by atoms with Crippen LogP contribution in [0.4, 0.5) is 0 Å². The lowest BCUT2D eigenvalue weighted by Crippen LogP contribution is -2.61. The zero-order valence-corrected chi connectivity index (χ0v) is 17.1. The first-order valence-electron chi connectivity index (χ1n) is 11.3. The smallest absolute Gasteiger partial charge is 0.309 e. The van der Waals surface area contributed by atoms with Gasteiger partial charge < -0.3 is 9.22 Å². The summed E-state index contributed by atoms with van der Waals surface area (Å²) in [7, 11) is 0. The highest BCUT2D eigenvalue weighted by atomic mass is 16.5. The third-order valence-electron chi connectivity index (χ3n) is 8.11. The molecule has 27 heavy (non-hydrogen) atoms. The third-order valence-corrected chi connectivity index (χ3v) is 8.11. The first kappa shape index (κ1) is 19.0. The van der Waals surface area contributed by atoms with Crippen LogP contribution in [0.25, 0.3) is 0 Å². The van der Waals surface area contributed by atoms with Crippen LogP contribution in [0.1, 0.15) is 76.7 Å². The number of ether oxygens (including phenoxy) is 1. The van der Waals surface area contributed by atoms with Gasteiger partial charge in [-0.2, -0.15) is 0 Å². The first-order chi connectivity index (χ1) is 13.2. The SMILES string of the molecule is CC[N+]1(CC)[C@@H]2CC[C@H]1CC(OC(=O)C1CCCCC1c1ccccc1)C2. The highest BCUT2D eigenvalue weighted by molar-refractivity contribution is 5.74. The monoisotopic (exact) mass is 370 g/mol. The summed E-state index contributed by atoms with van der Waals surface area (Å²) in [6.07, 6.45) is 9.42. The number of piperidine rings is 1. The number of fused-ring (bicyclic) bond motifs is 2. The van der Waals surface area contributed by atoms with E-state index in [2.05, 4.69) is 44.2 Å². The molecule has 1 aliphatic carbocycles. The number of nitrogens with zero attached hydrogens (tertiary/aromatic N) is 1. The molecule has 3 nitrogen and oxygen atoms in total. The van der Waals surface area contributed by atoms with Crippen molar-refractivity contribution in [1.82, 2.24) is 0 Å². The van der Waals surface area contributed by atoms with Crippen LogP contribution in [-0.2, 0) is 9.53 Å². The molecular weight excluding hydrogens is 334 g/mol. The lowest BCUT2D eigenvalue weighted by atomic mass is 9.75. The van der Waals surface area contributed by atoms with Crippen LogP contribution in [0.5, 0.6) is 0 Å². The zero-order valence-electron chi connectivity index (χ0n) is 17.1. The Kier molecular flexibility index (Phi) is 5.59. The lowest BCUT2D eigenvalue weighted by molar-refractivity contribution is -0.963. The fourth-order valence-electron chi connectivity index (χ4n) is 6.67. The third kappa shape index (κ3) is 3.44. The van der Waals surface area contributed by atoms with Crippen molar-refractivity contribution < 1.29 is 14.0 Å². The normalized spacial score (nSPS) is 35.0. The van der Waals surface area contributed by atoms with Crippen LogP contribution in [0, 0.1) is 5.92 Å². The molecular formula is C24H36NO2+. The summed E-state index contributed by atoms with van der Waals surface area (Å²) in [4.78, 5) is 13.2. The van der Waals surface area contributed by atoms with E-state index < -0.39 is 0 Å². The molecule has 1 aromatic rings. The maximum absolute atomic E-state index is 13.2. The number of esters is 1. The van der Waals surface area contributed by atoms with Gasteiger partial charge in [0.25, 0.3) is 0 Å². The van der Waals surface area contributed by atoms with Crippen molar-refractivity contribution >= 4 is 5.97 Å². The summed E-state index contributed by atoms with van der Waals surface area (Å²) in [6.45, 7) is 7.14. The van der Waals surface area contributed by atoms with E-state index in [4.69, 9.17) is 4.74 Å². The molecule has 1 saturated carbocycles. The molecule has 3 aliphatic rings. The molecule has 3 unspecified atom stereocenters.